The van der Waals surface area contributed by atoms with Crippen LogP contribution in [0.3, 0.4) is 0 Å². The van der Waals surface area contributed by atoms with Gasteiger partial charge >= 0.3 is 0 Å². The van der Waals surface area contributed by atoms with E-state index in [2.05, 4.69) is 239 Å². The lowest BCUT2D eigenvalue weighted by Gasteiger charge is -2.21. The molecule has 2 saturated carbocycles. The third-order valence-corrected chi connectivity index (χ3v) is 19.6. The van der Waals surface area contributed by atoms with Gasteiger partial charge in [0, 0.05) is 0 Å². The van der Waals surface area contributed by atoms with Crippen LogP contribution in [0.25, 0.3) is 0 Å². The Morgan fingerprint density at radius 2 is 0.636 bits per heavy atom. The fourth-order valence-corrected chi connectivity index (χ4v) is 11.7. The summed E-state index contributed by atoms with van der Waals surface area (Å²) in [4.78, 5) is 0. The quantitative estimate of drug-likeness (QED) is 0.0421. The first-order valence-electron chi connectivity index (χ1n) is 41.8. The van der Waals surface area contributed by atoms with Crippen LogP contribution in [0.2, 0.25) is 0 Å². The lowest BCUT2D eigenvalue weighted by atomic mass is 9.85. The van der Waals surface area contributed by atoms with Crippen molar-refractivity contribution in [3.05, 3.63) is 182 Å². The summed E-state index contributed by atoms with van der Waals surface area (Å²) in [5.74, 6) is 6.77. The monoisotopic (exact) mass is 1370 g/mol. The van der Waals surface area contributed by atoms with Gasteiger partial charge in [0.05, 0.1) is 0 Å². The van der Waals surface area contributed by atoms with E-state index in [0.717, 1.165) is 93.3 Å². The fourth-order valence-electron chi connectivity index (χ4n) is 11.7. The van der Waals surface area contributed by atoms with Crippen LogP contribution in [0.15, 0.2) is 182 Å². The van der Waals surface area contributed by atoms with Crippen LogP contribution in [0.1, 0.15) is 394 Å². The summed E-state index contributed by atoms with van der Waals surface area (Å²) in [5, 5.41) is 0. The first kappa shape index (κ1) is 101. The molecule has 0 spiro atoms. The molecule has 2 aliphatic carbocycles. The highest BCUT2D eigenvalue weighted by Crippen LogP contribution is 2.37. The summed E-state index contributed by atoms with van der Waals surface area (Å²) in [5.41, 5.74) is 15.1. The van der Waals surface area contributed by atoms with E-state index in [1.54, 1.807) is 0 Å². The van der Waals surface area contributed by atoms with Gasteiger partial charge < -0.3 is 0 Å². The maximum atomic E-state index is 4.46. The van der Waals surface area contributed by atoms with Crippen LogP contribution in [-0.4, -0.2) is 0 Å². The molecule has 572 valence electrons. The Kier molecular flexibility index (Phi) is 72.9. The Morgan fingerprint density at radius 3 is 0.919 bits per heavy atom. The second-order valence-electron chi connectivity index (χ2n) is 33.4. The molecule has 0 heteroatoms. The van der Waals surface area contributed by atoms with Crippen molar-refractivity contribution in [1.29, 1.82) is 0 Å². The Bertz CT molecular complexity index is 2130. The molecule has 2 rings (SSSR count). The molecule has 0 saturated heterocycles. The Morgan fingerprint density at radius 1 is 0.343 bits per heavy atom. The zero-order valence-electron chi connectivity index (χ0n) is 70.5. The van der Waals surface area contributed by atoms with Crippen molar-refractivity contribution in [2.45, 2.75) is 394 Å². The summed E-state index contributed by atoms with van der Waals surface area (Å²) in [6, 6.07) is 0. The van der Waals surface area contributed by atoms with Gasteiger partial charge in [-0.15, -0.1) is 26.3 Å². The second-order valence-corrected chi connectivity index (χ2v) is 33.4. The molecule has 0 heterocycles. The summed E-state index contributed by atoms with van der Waals surface area (Å²) < 4.78 is 0. The van der Waals surface area contributed by atoms with Crippen LogP contribution in [0.4, 0.5) is 0 Å². The van der Waals surface area contributed by atoms with Crippen molar-refractivity contribution >= 4 is 0 Å². The summed E-state index contributed by atoms with van der Waals surface area (Å²) in [7, 11) is 0. The van der Waals surface area contributed by atoms with Crippen LogP contribution in [0.5, 0.6) is 0 Å². The largest absolute Gasteiger partial charge is 0.100 e. The summed E-state index contributed by atoms with van der Waals surface area (Å²) in [6.45, 7) is 83.3. The average molecular weight is 1370 g/mol. The van der Waals surface area contributed by atoms with Gasteiger partial charge in [-0.1, -0.05) is 317 Å². The number of rotatable bonds is 53. The molecule has 0 bridgehead atoms. The zero-order valence-corrected chi connectivity index (χ0v) is 70.5. The number of hydrogen-bond donors (Lipinski definition) is 0. The molecule has 99 heavy (non-hydrogen) atoms. The molecular weight excluding hydrogens is 1190 g/mol. The first-order chi connectivity index (χ1) is 46.9. The maximum absolute atomic E-state index is 4.46. The predicted molar refractivity (Wildman–Crippen MR) is 463 cm³/mol. The minimum absolute atomic E-state index is 0.574. The minimum Gasteiger partial charge on any atom is -0.100 e. The molecule has 4 unspecified atom stereocenters. The summed E-state index contributed by atoms with van der Waals surface area (Å²) in [6.07, 6.45) is 72.7. The van der Waals surface area contributed by atoms with E-state index >= 15 is 0 Å². The smallest absolute Gasteiger partial charge is 0.0111 e. The van der Waals surface area contributed by atoms with Crippen LogP contribution < -0.4 is 0 Å². The third-order valence-electron chi connectivity index (χ3n) is 19.6. The minimum atomic E-state index is 0.574. The van der Waals surface area contributed by atoms with E-state index < -0.39 is 0 Å². The van der Waals surface area contributed by atoms with Gasteiger partial charge in [-0.05, 0) is 286 Å². The van der Waals surface area contributed by atoms with E-state index in [1.165, 1.54) is 280 Å². The highest BCUT2D eigenvalue weighted by Gasteiger charge is 2.21. The summed E-state index contributed by atoms with van der Waals surface area (Å²) >= 11 is 0. The standard InChI is InChI=1S/C28H50.C23H42.2C19H30.2C5H12/c1-23(2)16-14-12-10-9-11-13-15-17-28(27(8)21-19-25(5)6)22-26(7)20-18-24(3)4;1-7-23(19-22(6)18-17-21(4)5)16-14-12-10-8-9-11-13-15-20(2)3;2*1-16(2)12-10-8-6-5-7-9-11-13-19-15-17(3)14-18(19)4;2*1-4-5(2)3/h13,15,24-25,28H,1,7-12,14,16-22H2,2-6H3;12,14,21,23H,2,6-11,13,15-19H2,1,3-5H3;2*9,11,19H,1,3-8,10,12-15H2,2H3;2*5H,4H2,1-3H3/b15-13+;14-12+;2*11-9+;;. The maximum Gasteiger partial charge on any atom is -0.0111 e. The molecule has 0 N–H and O–H groups in total. The molecule has 0 amide bonds. The van der Waals surface area contributed by atoms with E-state index in [4.69, 9.17) is 0 Å². The van der Waals surface area contributed by atoms with Gasteiger partial charge in [0.15, 0.2) is 0 Å². The van der Waals surface area contributed by atoms with Crippen LogP contribution in [0, 0.1) is 53.3 Å². The normalized spacial score (nSPS) is 15.1. The Labute approximate surface area is 625 Å². The van der Waals surface area contributed by atoms with Crippen molar-refractivity contribution in [3.8, 4) is 0 Å². The third kappa shape index (κ3) is 78.1. The predicted octanol–water partition coefficient (Wildman–Crippen LogP) is 34.9. The lowest BCUT2D eigenvalue weighted by molar-refractivity contribution is 0.490. The van der Waals surface area contributed by atoms with Crippen LogP contribution in [-0.2, 0) is 0 Å². The highest BCUT2D eigenvalue weighted by molar-refractivity contribution is 5.24. The van der Waals surface area contributed by atoms with Gasteiger partial charge in [0.25, 0.3) is 0 Å². The molecule has 0 aliphatic heterocycles. The van der Waals surface area contributed by atoms with E-state index in [1.807, 2.05) is 0 Å². The zero-order chi connectivity index (χ0) is 75.6. The number of unbranched alkanes of at least 4 members (excludes halogenated alkanes) is 16. The van der Waals surface area contributed by atoms with Crippen LogP contribution >= 0.6 is 0 Å². The molecule has 0 aromatic carbocycles. The highest BCUT2D eigenvalue weighted by atomic mass is 14.3. The van der Waals surface area contributed by atoms with Gasteiger partial charge in [0.2, 0.25) is 0 Å². The number of allylic oxidation sites excluding steroid dienone is 19. The van der Waals surface area contributed by atoms with Crippen molar-refractivity contribution < 1.29 is 0 Å². The van der Waals surface area contributed by atoms with Crippen molar-refractivity contribution in [2.75, 3.05) is 0 Å². The molecule has 2 fully saturated rings. The van der Waals surface area contributed by atoms with Crippen molar-refractivity contribution in [1.82, 2.24) is 0 Å². The molecule has 0 nitrogen and oxygen atoms in total. The van der Waals surface area contributed by atoms with Crippen molar-refractivity contribution in [3.63, 3.8) is 0 Å². The molecule has 0 aromatic heterocycles. The van der Waals surface area contributed by atoms with Gasteiger partial charge in [-0.2, -0.15) is 0 Å². The van der Waals surface area contributed by atoms with E-state index in [0.29, 0.717) is 17.8 Å². The first-order valence-corrected chi connectivity index (χ1v) is 41.8. The van der Waals surface area contributed by atoms with Gasteiger partial charge in [-0.3, -0.25) is 0 Å². The van der Waals surface area contributed by atoms with E-state index in [9.17, 15) is 0 Å². The Hall–Kier alpha value is -3.90. The molecular formula is C99H176. The SMILES string of the molecule is C=C(C)CCCCCC/C=C/CC(CC(=C)CCC(C)C)C(=C)CCC(C)C.C=C(C)CCCCCC/C=C/CC(CC)CC(=C)CCC(C)C.C=C(C)CCCCCC/C=C/CC1CC(=C)CC1=C.C=C(C)CCCCCC/C=C/CC1CC(=C)CC1=C.CCC(C)C.CCC(C)C. The lowest BCUT2D eigenvalue weighted by Crippen LogP contribution is -2.06. The van der Waals surface area contributed by atoms with Gasteiger partial charge in [0.1, 0.15) is 0 Å². The second kappa shape index (κ2) is 71.1. The molecule has 2 aliphatic rings. The molecule has 0 aromatic rings. The average Bonchev–Trinajstić information content (AvgIpc) is 1.79. The Balaban J connectivity index is -0.000000584. The topological polar surface area (TPSA) is 0 Å². The van der Waals surface area contributed by atoms with Gasteiger partial charge in [-0.25, -0.2) is 0 Å². The van der Waals surface area contributed by atoms with Crippen molar-refractivity contribution in [2.24, 2.45) is 53.3 Å². The fraction of sp³-hybridized carbons (Fsp3) is 0.697. The molecule has 4 atom stereocenters. The number of hydrogen-bond acceptors (Lipinski definition) is 0. The van der Waals surface area contributed by atoms with E-state index in [-0.39, 0.29) is 0 Å². The molecule has 0 radical (unpaired) electrons.